The summed E-state index contributed by atoms with van der Waals surface area (Å²) >= 11 is 0. The van der Waals surface area contributed by atoms with E-state index in [0.717, 1.165) is 19.4 Å². The van der Waals surface area contributed by atoms with Gasteiger partial charge in [-0.05, 0) is 68.5 Å². The summed E-state index contributed by atoms with van der Waals surface area (Å²) in [5, 5.41) is 3.27. The maximum atomic E-state index is 13.0. The lowest BCUT2D eigenvalue weighted by atomic mass is 9.93. The molecule has 0 saturated carbocycles. The fraction of sp³-hybridized carbons (Fsp3) is 0.368. The molecule has 0 aromatic heterocycles. The van der Waals surface area contributed by atoms with Crippen LogP contribution in [0.2, 0.25) is 0 Å². The van der Waals surface area contributed by atoms with Crippen molar-refractivity contribution in [1.82, 2.24) is 5.32 Å². The molecule has 2 heteroatoms. The van der Waals surface area contributed by atoms with Gasteiger partial charge in [-0.15, -0.1) is 0 Å². The number of hydrogen-bond donors (Lipinski definition) is 1. The molecule has 21 heavy (non-hydrogen) atoms. The number of nitrogens with one attached hydrogen (secondary N) is 1. The number of benzene rings is 2. The van der Waals surface area contributed by atoms with E-state index in [1.54, 1.807) is 12.1 Å². The highest BCUT2D eigenvalue weighted by atomic mass is 19.1. The Morgan fingerprint density at radius 1 is 0.952 bits per heavy atom. The number of hydrogen-bond acceptors (Lipinski definition) is 1. The minimum atomic E-state index is -0.159. The molecule has 0 fully saturated rings. The van der Waals surface area contributed by atoms with E-state index in [0.29, 0.717) is 5.92 Å². The van der Waals surface area contributed by atoms with Gasteiger partial charge < -0.3 is 5.32 Å². The van der Waals surface area contributed by atoms with E-state index in [-0.39, 0.29) is 5.82 Å². The largest absolute Gasteiger partial charge is 0.319 e. The summed E-state index contributed by atoms with van der Waals surface area (Å²) in [6.45, 7) is 1.01. The van der Waals surface area contributed by atoms with Crippen LogP contribution in [0.5, 0.6) is 0 Å². The summed E-state index contributed by atoms with van der Waals surface area (Å²) in [6.07, 6.45) is 4.52. The molecule has 0 saturated heterocycles. The first-order valence-electron chi connectivity index (χ1n) is 7.71. The third-order valence-corrected chi connectivity index (χ3v) is 3.85. The second kappa shape index (κ2) is 8.58. The van der Waals surface area contributed by atoms with Gasteiger partial charge in [-0.3, -0.25) is 0 Å². The van der Waals surface area contributed by atoms with E-state index in [4.69, 9.17) is 0 Å². The molecular formula is C19H24FN. The van der Waals surface area contributed by atoms with Crippen LogP contribution < -0.4 is 5.32 Å². The molecule has 0 heterocycles. The number of rotatable bonds is 8. The lowest BCUT2D eigenvalue weighted by Gasteiger charge is -2.16. The molecule has 0 aliphatic heterocycles. The van der Waals surface area contributed by atoms with Gasteiger partial charge in [0, 0.05) is 0 Å². The Labute approximate surface area is 127 Å². The molecule has 0 bridgehead atoms. The van der Waals surface area contributed by atoms with Crippen molar-refractivity contribution in [3.63, 3.8) is 0 Å². The number of halogens is 1. The maximum Gasteiger partial charge on any atom is 0.123 e. The minimum Gasteiger partial charge on any atom is -0.319 e. The molecule has 1 unspecified atom stereocenters. The highest BCUT2D eigenvalue weighted by molar-refractivity contribution is 5.17. The van der Waals surface area contributed by atoms with Gasteiger partial charge in [-0.25, -0.2) is 4.39 Å². The van der Waals surface area contributed by atoms with Gasteiger partial charge in [0.25, 0.3) is 0 Å². The summed E-state index contributed by atoms with van der Waals surface area (Å²) < 4.78 is 13.0. The monoisotopic (exact) mass is 285 g/mol. The average molecular weight is 285 g/mol. The molecule has 2 rings (SSSR count). The van der Waals surface area contributed by atoms with Gasteiger partial charge in [-0.2, -0.15) is 0 Å². The van der Waals surface area contributed by atoms with Crippen molar-refractivity contribution in [1.29, 1.82) is 0 Å². The molecule has 1 N–H and O–H groups in total. The van der Waals surface area contributed by atoms with Crippen LogP contribution in [0.3, 0.4) is 0 Å². The van der Waals surface area contributed by atoms with Crippen molar-refractivity contribution in [2.75, 3.05) is 13.6 Å². The summed E-state index contributed by atoms with van der Waals surface area (Å²) in [6, 6.07) is 17.5. The van der Waals surface area contributed by atoms with Crippen molar-refractivity contribution < 1.29 is 4.39 Å². The van der Waals surface area contributed by atoms with Gasteiger partial charge in [0.15, 0.2) is 0 Å². The van der Waals surface area contributed by atoms with Crippen molar-refractivity contribution in [2.45, 2.75) is 25.7 Å². The highest BCUT2D eigenvalue weighted by Gasteiger charge is 2.09. The van der Waals surface area contributed by atoms with Crippen LogP contribution in [0, 0.1) is 11.7 Å². The maximum absolute atomic E-state index is 13.0. The van der Waals surface area contributed by atoms with Crippen molar-refractivity contribution >= 4 is 0 Å². The van der Waals surface area contributed by atoms with Gasteiger partial charge in [0.2, 0.25) is 0 Å². The Morgan fingerprint density at radius 2 is 1.67 bits per heavy atom. The molecule has 0 radical (unpaired) electrons. The van der Waals surface area contributed by atoms with Gasteiger partial charge in [0.05, 0.1) is 0 Å². The molecular weight excluding hydrogens is 261 g/mol. The molecule has 1 atom stereocenters. The second-order valence-corrected chi connectivity index (χ2v) is 5.63. The van der Waals surface area contributed by atoms with E-state index in [1.807, 2.05) is 19.2 Å². The lowest BCUT2D eigenvalue weighted by Crippen LogP contribution is -2.21. The predicted molar refractivity (Wildman–Crippen MR) is 86.9 cm³/mol. The first-order chi connectivity index (χ1) is 10.3. The van der Waals surface area contributed by atoms with Crippen LogP contribution in [0.25, 0.3) is 0 Å². The fourth-order valence-corrected chi connectivity index (χ4v) is 2.76. The smallest absolute Gasteiger partial charge is 0.123 e. The van der Waals surface area contributed by atoms with E-state index in [2.05, 4.69) is 35.6 Å². The summed E-state index contributed by atoms with van der Waals surface area (Å²) in [4.78, 5) is 0. The van der Waals surface area contributed by atoms with Crippen LogP contribution in [-0.2, 0) is 12.8 Å². The summed E-state index contributed by atoms with van der Waals surface area (Å²) in [5.41, 5.74) is 2.62. The molecule has 112 valence electrons. The third kappa shape index (κ3) is 5.68. The number of aryl methyl sites for hydroxylation is 1. The first-order valence-corrected chi connectivity index (χ1v) is 7.71. The zero-order chi connectivity index (χ0) is 14.9. The fourth-order valence-electron chi connectivity index (χ4n) is 2.76. The van der Waals surface area contributed by atoms with E-state index in [1.165, 1.54) is 24.0 Å². The van der Waals surface area contributed by atoms with Crippen LogP contribution in [0.15, 0.2) is 54.6 Å². The molecule has 1 nitrogen and oxygen atoms in total. The Balaban J connectivity index is 1.82. The topological polar surface area (TPSA) is 12.0 Å². The molecule has 0 amide bonds. The van der Waals surface area contributed by atoms with Crippen molar-refractivity contribution in [2.24, 2.45) is 5.92 Å². The molecule has 0 aliphatic rings. The highest BCUT2D eigenvalue weighted by Crippen LogP contribution is 2.16. The summed E-state index contributed by atoms with van der Waals surface area (Å²) in [5.74, 6) is 0.442. The van der Waals surface area contributed by atoms with Crippen molar-refractivity contribution in [3.8, 4) is 0 Å². The first kappa shape index (κ1) is 15.7. The zero-order valence-corrected chi connectivity index (χ0v) is 12.7. The molecule has 0 aliphatic carbocycles. The van der Waals surface area contributed by atoms with Gasteiger partial charge in [0.1, 0.15) is 5.82 Å². The Bertz CT molecular complexity index is 507. The summed E-state index contributed by atoms with van der Waals surface area (Å²) in [7, 11) is 1.99. The standard InChI is InChI=1S/C19H24FN/c1-21-15-18(14-17-10-12-19(20)13-11-17)9-5-8-16-6-3-2-4-7-16/h2-4,6-7,10-13,18,21H,5,8-9,14-15H2,1H3. The zero-order valence-electron chi connectivity index (χ0n) is 12.7. The average Bonchev–Trinajstić information content (AvgIpc) is 2.51. The Hall–Kier alpha value is -1.67. The third-order valence-electron chi connectivity index (χ3n) is 3.85. The van der Waals surface area contributed by atoms with Crippen LogP contribution >= 0.6 is 0 Å². The minimum absolute atomic E-state index is 0.159. The van der Waals surface area contributed by atoms with E-state index in [9.17, 15) is 4.39 Å². The lowest BCUT2D eigenvalue weighted by molar-refractivity contribution is 0.446. The SMILES string of the molecule is CNCC(CCCc1ccccc1)Cc1ccc(F)cc1. The van der Waals surface area contributed by atoms with Crippen LogP contribution in [0.4, 0.5) is 4.39 Å². The molecule has 2 aromatic carbocycles. The van der Waals surface area contributed by atoms with Crippen LogP contribution in [-0.4, -0.2) is 13.6 Å². The normalized spacial score (nSPS) is 12.3. The van der Waals surface area contributed by atoms with Gasteiger partial charge >= 0.3 is 0 Å². The van der Waals surface area contributed by atoms with E-state index >= 15 is 0 Å². The van der Waals surface area contributed by atoms with Gasteiger partial charge in [-0.1, -0.05) is 42.5 Å². The van der Waals surface area contributed by atoms with E-state index < -0.39 is 0 Å². The molecule has 0 spiro atoms. The quantitative estimate of drug-likeness (QED) is 0.765. The van der Waals surface area contributed by atoms with Crippen LogP contribution in [0.1, 0.15) is 24.0 Å². The molecule has 2 aromatic rings. The Kier molecular flexibility index (Phi) is 6.42. The Morgan fingerprint density at radius 3 is 2.33 bits per heavy atom. The predicted octanol–water partition coefficient (Wildman–Crippen LogP) is 4.23. The van der Waals surface area contributed by atoms with Crippen molar-refractivity contribution in [3.05, 3.63) is 71.5 Å². The second-order valence-electron chi connectivity index (χ2n) is 5.63.